The van der Waals surface area contributed by atoms with Crippen LogP contribution in [0.15, 0.2) is 10.7 Å². The van der Waals surface area contributed by atoms with Gasteiger partial charge in [-0.05, 0) is 12.5 Å². The van der Waals surface area contributed by atoms with Crippen LogP contribution in [0.5, 0.6) is 0 Å². The van der Waals surface area contributed by atoms with Crippen LogP contribution in [0.1, 0.15) is 27.8 Å². The second-order valence-electron chi connectivity index (χ2n) is 3.75. The number of aryl methyl sites for hydroxylation is 3. The molecule has 0 radical (unpaired) electrons. The van der Waals surface area contributed by atoms with Crippen molar-refractivity contribution in [2.75, 3.05) is 0 Å². The van der Waals surface area contributed by atoms with Crippen molar-refractivity contribution in [3.05, 3.63) is 29.2 Å². The van der Waals surface area contributed by atoms with E-state index in [0.717, 1.165) is 11.3 Å². The molecule has 7 nitrogen and oxygen atoms in total. The van der Waals surface area contributed by atoms with Crippen molar-refractivity contribution in [1.29, 1.82) is 0 Å². The van der Waals surface area contributed by atoms with Gasteiger partial charge < -0.3 is 9.84 Å². The number of rotatable bonds is 3. The Hall–Kier alpha value is -2.18. The Morgan fingerprint density at radius 1 is 1.53 bits per heavy atom. The molecule has 2 rings (SSSR count). The summed E-state index contributed by atoms with van der Waals surface area (Å²) in [5.74, 6) is 0.0344. The molecule has 2 heterocycles. The third kappa shape index (κ3) is 2.49. The van der Waals surface area contributed by atoms with Crippen LogP contribution in [0, 0.1) is 13.8 Å². The molecule has 0 bridgehead atoms. The largest absolute Gasteiger partial charge is 0.343 e. The van der Waals surface area contributed by atoms with E-state index in [0.29, 0.717) is 12.4 Å². The molecule has 2 aromatic rings. The van der Waals surface area contributed by atoms with Crippen LogP contribution in [0.25, 0.3) is 0 Å². The number of carbonyl (C=O) groups excluding carboxylic acids is 1. The fraction of sp³-hybridized carbons (Fsp3) is 0.400. The Labute approximate surface area is 97.8 Å². The van der Waals surface area contributed by atoms with Crippen molar-refractivity contribution in [1.82, 2.24) is 25.2 Å². The zero-order valence-electron chi connectivity index (χ0n) is 9.89. The summed E-state index contributed by atoms with van der Waals surface area (Å²) in [6, 6.07) is 0. The molecule has 2 aromatic heterocycles. The summed E-state index contributed by atoms with van der Waals surface area (Å²) in [4.78, 5) is 15.5. The maximum absolute atomic E-state index is 11.6. The third-order valence-corrected chi connectivity index (χ3v) is 2.26. The molecule has 1 N–H and O–H groups in total. The number of hydrogen-bond donors (Lipinski definition) is 1. The third-order valence-electron chi connectivity index (χ3n) is 2.26. The second kappa shape index (κ2) is 4.36. The van der Waals surface area contributed by atoms with Gasteiger partial charge in [-0.15, -0.1) is 0 Å². The minimum atomic E-state index is -0.369. The van der Waals surface area contributed by atoms with Gasteiger partial charge in [0.15, 0.2) is 0 Å². The topological polar surface area (TPSA) is 85.8 Å². The van der Waals surface area contributed by atoms with E-state index in [1.54, 1.807) is 11.6 Å². The van der Waals surface area contributed by atoms with Crippen molar-refractivity contribution >= 4 is 5.91 Å². The first-order valence-corrected chi connectivity index (χ1v) is 5.14. The Morgan fingerprint density at radius 2 is 2.29 bits per heavy atom. The molecular formula is C10H13N5O2. The highest BCUT2D eigenvalue weighted by molar-refractivity contribution is 5.90. The average Bonchev–Trinajstić information content (AvgIpc) is 2.82. The number of nitrogens with zero attached hydrogens (tertiary/aromatic N) is 4. The van der Waals surface area contributed by atoms with Crippen LogP contribution in [-0.4, -0.2) is 25.8 Å². The maximum Gasteiger partial charge on any atom is 0.293 e. The lowest BCUT2D eigenvalue weighted by Gasteiger charge is -1.99. The molecule has 0 spiro atoms. The molecule has 0 saturated heterocycles. The number of nitrogens with one attached hydrogen (secondary N) is 1. The summed E-state index contributed by atoms with van der Waals surface area (Å²) in [6.07, 6.45) is 1.89. The quantitative estimate of drug-likeness (QED) is 0.829. The van der Waals surface area contributed by atoms with Crippen LogP contribution in [0.2, 0.25) is 0 Å². The molecule has 90 valence electrons. The summed E-state index contributed by atoms with van der Waals surface area (Å²) in [5, 5.41) is 10.4. The Bertz CT molecular complexity index is 543. The number of aromatic nitrogens is 4. The van der Waals surface area contributed by atoms with Gasteiger partial charge in [-0.1, -0.05) is 5.16 Å². The Balaban J connectivity index is 1.99. The minimum Gasteiger partial charge on any atom is -0.343 e. The van der Waals surface area contributed by atoms with Crippen molar-refractivity contribution in [2.45, 2.75) is 20.4 Å². The van der Waals surface area contributed by atoms with Crippen LogP contribution in [0.4, 0.5) is 0 Å². The lowest BCUT2D eigenvalue weighted by Crippen LogP contribution is -2.24. The number of carbonyl (C=O) groups is 1. The van der Waals surface area contributed by atoms with Gasteiger partial charge in [0, 0.05) is 20.2 Å². The van der Waals surface area contributed by atoms with Gasteiger partial charge in [0.2, 0.25) is 5.89 Å². The van der Waals surface area contributed by atoms with E-state index in [9.17, 15) is 4.79 Å². The van der Waals surface area contributed by atoms with Gasteiger partial charge in [-0.2, -0.15) is 10.1 Å². The molecular weight excluding hydrogens is 222 g/mol. The van der Waals surface area contributed by atoms with Crippen LogP contribution in [0.3, 0.4) is 0 Å². The van der Waals surface area contributed by atoms with Crippen molar-refractivity contribution < 1.29 is 9.32 Å². The molecule has 0 aliphatic carbocycles. The number of amides is 1. The highest BCUT2D eigenvalue weighted by Gasteiger charge is 2.13. The highest BCUT2D eigenvalue weighted by Crippen LogP contribution is 2.03. The average molecular weight is 235 g/mol. The van der Waals surface area contributed by atoms with Gasteiger partial charge in [0.05, 0.1) is 12.2 Å². The molecule has 7 heteroatoms. The van der Waals surface area contributed by atoms with E-state index >= 15 is 0 Å². The van der Waals surface area contributed by atoms with Crippen molar-refractivity contribution in [3.63, 3.8) is 0 Å². The van der Waals surface area contributed by atoms with E-state index in [4.69, 9.17) is 4.52 Å². The van der Waals surface area contributed by atoms with Gasteiger partial charge in [-0.25, -0.2) is 0 Å². The first-order chi connectivity index (χ1) is 8.06. The van der Waals surface area contributed by atoms with Crippen LogP contribution in [-0.2, 0) is 13.6 Å². The summed E-state index contributed by atoms with van der Waals surface area (Å²) in [6.45, 7) is 3.92. The van der Waals surface area contributed by atoms with E-state index in [-0.39, 0.29) is 11.7 Å². The monoisotopic (exact) mass is 235 g/mol. The zero-order chi connectivity index (χ0) is 12.4. The molecule has 0 unspecified atom stereocenters. The predicted octanol–water partition coefficient (Wildman–Crippen LogP) is 0.350. The fourth-order valence-electron chi connectivity index (χ4n) is 1.46. The second-order valence-corrected chi connectivity index (χ2v) is 3.75. The molecule has 0 aliphatic rings. The predicted molar refractivity (Wildman–Crippen MR) is 58.2 cm³/mol. The summed E-state index contributed by atoms with van der Waals surface area (Å²) in [5.41, 5.74) is 1.85. The maximum atomic E-state index is 11.6. The van der Waals surface area contributed by atoms with Crippen molar-refractivity contribution in [2.24, 2.45) is 7.05 Å². The van der Waals surface area contributed by atoms with Crippen LogP contribution < -0.4 is 5.32 Å². The molecule has 17 heavy (non-hydrogen) atoms. The van der Waals surface area contributed by atoms with E-state index in [2.05, 4.69) is 20.6 Å². The lowest BCUT2D eigenvalue weighted by molar-refractivity contribution is 0.0937. The zero-order valence-corrected chi connectivity index (χ0v) is 9.89. The summed E-state index contributed by atoms with van der Waals surface area (Å²) >= 11 is 0. The van der Waals surface area contributed by atoms with Gasteiger partial charge >= 0.3 is 0 Å². The number of hydrogen-bond acceptors (Lipinski definition) is 5. The molecule has 0 atom stereocenters. The Kier molecular flexibility index (Phi) is 2.90. The SMILES string of the molecule is Cc1nc(C(=O)NCc2nn(C)cc2C)no1. The fourth-order valence-corrected chi connectivity index (χ4v) is 1.46. The molecule has 0 saturated carbocycles. The lowest BCUT2D eigenvalue weighted by atomic mass is 10.3. The highest BCUT2D eigenvalue weighted by atomic mass is 16.5. The minimum absolute atomic E-state index is 0.0380. The van der Waals surface area contributed by atoms with E-state index in [1.165, 1.54) is 0 Å². The van der Waals surface area contributed by atoms with Gasteiger partial charge in [0.1, 0.15) is 0 Å². The Morgan fingerprint density at radius 3 is 2.82 bits per heavy atom. The molecule has 0 aliphatic heterocycles. The summed E-state index contributed by atoms with van der Waals surface area (Å²) < 4.78 is 6.43. The normalized spacial score (nSPS) is 10.5. The van der Waals surface area contributed by atoms with Crippen LogP contribution >= 0.6 is 0 Å². The first kappa shape index (κ1) is 11.3. The van der Waals surface area contributed by atoms with Crippen molar-refractivity contribution in [3.8, 4) is 0 Å². The summed E-state index contributed by atoms with van der Waals surface area (Å²) in [7, 11) is 1.83. The molecule has 0 fully saturated rings. The molecule has 0 aromatic carbocycles. The first-order valence-electron chi connectivity index (χ1n) is 5.14. The standard InChI is InChI=1S/C10H13N5O2/c1-6-5-15(3)13-8(6)4-11-10(16)9-12-7(2)17-14-9/h5H,4H2,1-3H3,(H,11,16). The van der Waals surface area contributed by atoms with E-state index < -0.39 is 0 Å². The molecule has 1 amide bonds. The van der Waals surface area contributed by atoms with Gasteiger partial charge in [-0.3, -0.25) is 9.48 Å². The van der Waals surface area contributed by atoms with Gasteiger partial charge in [0.25, 0.3) is 11.7 Å². The van der Waals surface area contributed by atoms with E-state index in [1.807, 2.05) is 20.2 Å². The smallest absolute Gasteiger partial charge is 0.293 e.